The van der Waals surface area contributed by atoms with E-state index in [1.165, 1.54) is 0 Å². The second-order valence-corrected chi connectivity index (χ2v) is 26.3. The Morgan fingerprint density at radius 1 is 0.912 bits per heavy atom. The number of hydrogen-bond donors (Lipinski definition) is 3. The van der Waals surface area contributed by atoms with Gasteiger partial charge in [0, 0.05) is 31.0 Å². The largest absolute Gasteiger partial charge is 0.459 e. The lowest BCUT2D eigenvalue weighted by atomic mass is 9.77. The van der Waals surface area contributed by atoms with Crippen molar-refractivity contribution in [1.82, 2.24) is 9.80 Å². The molecule has 0 aliphatic carbocycles. The molecule has 0 saturated carbocycles. The van der Waals surface area contributed by atoms with E-state index in [0.717, 1.165) is 6.42 Å². The van der Waals surface area contributed by atoms with Crippen LogP contribution in [-0.4, -0.2) is 146 Å². The van der Waals surface area contributed by atoms with Crippen LogP contribution in [0.25, 0.3) is 0 Å². The Kier molecular flexibility index (Phi) is 17.0. The summed E-state index contributed by atoms with van der Waals surface area (Å²) in [5.74, 6) is -2.09. The monoisotopic (exact) mass is 831 g/mol. The smallest absolute Gasteiger partial charge is 0.311 e. The van der Waals surface area contributed by atoms with Crippen LogP contribution in [0.3, 0.4) is 0 Å². The first kappa shape index (κ1) is 50.6. The highest BCUT2D eigenvalue weighted by Gasteiger charge is 2.53. The molecule has 0 aromatic rings. The van der Waals surface area contributed by atoms with Crippen molar-refractivity contribution < 1.29 is 48.2 Å². The van der Waals surface area contributed by atoms with Gasteiger partial charge in [-0.3, -0.25) is 4.79 Å². The predicted octanol–water partition coefficient (Wildman–Crippen LogP) is 6.58. The molecule has 0 bridgehead atoms. The molecule has 3 aliphatic rings. The Hall–Kier alpha value is -0.713. The van der Waals surface area contributed by atoms with E-state index in [1.54, 1.807) is 20.8 Å². The molecule has 0 amide bonds. The summed E-state index contributed by atoms with van der Waals surface area (Å²) in [4.78, 5) is 18.8. The summed E-state index contributed by atoms with van der Waals surface area (Å²) in [6, 6.07) is -0.515. The molecule has 0 radical (unpaired) electrons. The van der Waals surface area contributed by atoms with Crippen molar-refractivity contribution in [2.45, 2.75) is 226 Å². The molecule has 16 atom stereocenters. The van der Waals surface area contributed by atoms with Gasteiger partial charge in [-0.2, -0.15) is 0 Å². The minimum absolute atomic E-state index is 0.0556. The topological polar surface area (TPSA) is 140 Å². The maximum atomic E-state index is 14.6. The van der Waals surface area contributed by atoms with E-state index < -0.39 is 80.4 Å². The molecule has 2 unspecified atom stereocenters. The van der Waals surface area contributed by atoms with Crippen LogP contribution in [0.5, 0.6) is 0 Å². The Bertz CT molecular complexity index is 1290. The van der Waals surface area contributed by atoms with Crippen LogP contribution in [0.1, 0.15) is 129 Å². The van der Waals surface area contributed by atoms with Crippen LogP contribution < -0.4 is 0 Å². The van der Waals surface area contributed by atoms with Crippen LogP contribution in [0.2, 0.25) is 18.1 Å². The van der Waals surface area contributed by atoms with E-state index in [1.807, 2.05) is 53.7 Å². The molecule has 57 heavy (non-hydrogen) atoms. The Morgan fingerprint density at radius 2 is 1.51 bits per heavy atom. The summed E-state index contributed by atoms with van der Waals surface area (Å²) in [6.07, 6.45) is -3.56. The van der Waals surface area contributed by atoms with Gasteiger partial charge in [-0.1, -0.05) is 55.4 Å². The van der Waals surface area contributed by atoms with Crippen molar-refractivity contribution in [3.8, 4) is 0 Å². The lowest BCUT2D eigenvalue weighted by Gasteiger charge is -2.49. The summed E-state index contributed by atoms with van der Waals surface area (Å²) >= 11 is 0. The number of rotatable bonds is 8. The van der Waals surface area contributed by atoms with E-state index in [-0.39, 0.29) is 40.7 Å². The molecule has 0 aromatic carbocycles. The van der Waals surface area contributed by atoms with Crippen LogP contribution in [0.4, 0.5) is 0 Å². The fourth-order valence-electron chi connectivity index (χ4n) is 9.59. The van der Waals surface area contributed by atoms with Crippen LogP contribution in [-0.2, 0) is 32.9 Å². The van der Waals surface area contributed by atoms with Gasteiger partial charge in [-0.15, -0.1) is 0 Å². The molecule has 0 aromatic heterocycles. The molecular formula is C44H86N2O10Si. The third-order valence-electron chi connectivity index (χ3n) is 13.9. The zero-order valence-electron chi connectivity index (χ0n) is 39.4. The van der Waals surface area contributed by atoms with Crippen LogP contribution in [0.15, 0.2) is 0 Å². The number of aliphatic hydroxyl groups is 3. The molecule has 12 nitrogen and oxygen atoms in total. The molecule has 336 valence electrons. The quantitative estimate of drug-likeness (QED) is 0.180. The first-order valence-electron chi connectivity index (χ1n) is 21.8. The normalized spacial score (nSPS) is 43.9. The standard InChI is InChI=1S/C44H86N2O10Si/c1-20-33-44(14,50)38(56-57(18,19)41(8,9)10)31(7)46(17)25-26(2)22-43(13,49)37(55-40-35(47)32(45(15)16)21-27(3)52-40)29(5)36(30(6)39(48)53-33)54-34-24-42(11,12)23-28(4)51-34/h26-38,40,47,49-50H,20-25H2,1-19H3/t26-,27-,28+,29+,30-,31-,32+,33-,34?,35-,36+,37-,38-,40?,43-,44-/m1/s1. The Morgan fingerprint density at radius 3 is 2.04 bits per heavy atom. The fraction of sp³-hybridized carbons (Fsp3) is 0.977. The van der Waals surface area contributed by atoms with E-state index in [4.69, 9.17) is 28.1 Å². The number of nitrogens with zero attached hydrogens (tertiary/aromatic N) is 2. The minimum atomic E-state index is -2.45. The zero-order chi connectivity index (χ0) is 43.8. The van der Waals surface area contributed by atoms with E-state index in [0.29, 0.717) is 32.2 Å². The maximum absolute atomic E-state index is 14.6. The van der Waals surface area contributed by atoms with E-state index >= 15 is 0 Å². The number of esters is 1. The lowest BCUT2D eigenvalue weighted by Crippen LogP contribution is -2.63. The summed E-state index contributed by atoms with van der Waals surface area (Å²) in [5.41, 5.74) is -3.10. The van der Waals surface area contributed by atoms with E-state index in [9.17, 15) is 20.1 Å². The molecule has 13 heteroatoms. The summed E-state index contributed by atoms with van der Waals surface area (Å²) < 4.78 is 40.0. The predicted molar refractivity (Wildman–Crippen MR) is 227 cm³/mol. The van der Waals surface area contributed by atoms with Gasteiger partial charge in [0.15, 0.2) is 20.9 Å². The first-order valence-corrected chi connectivity index (χ1v) is 24.8. The number of ether oxygens (including phenoxy) is 5. The molecule has 3 fully saturated rings. The minimum Gasteiger partial charge on any atom is -0.459 e. The van der Waals surface area contributed by atoms with Crippen molar-refractivity contribution in [2.75, 3.05) is 27.7 Å². The second-order valence-electron chi connectivity index (χ2n) is 21.5. The summed E-state index contributed by atoms with van der Waals surface area (Å²) in [7, 11) is 3.42. The molecule has 0 spiro atoms. The number of carbonyl (C=O) groups is 1. The lowest BCUT2D eigenvalue weighted by molar-refractivity contribution is -0.308. The van der Waals surface area contributed by atoms with Gasteiger partial charge in [0.2, 0.25) is 0 Å². The van der Waals surface area contributed by atoms with Crippen molar-refractivity contribution in [3.63, 3.8) is 0 Å². The first-order chi connectivity index (χ1) is 25.8. The van der Waals surface area contributed by atoms with Gasteiger partial charge in [0.05, 0.1) is 42.0 Å². The average Bonchev–Trinajstić information content (AvgIpc) is 3.05. The van der Waals surface area contributed by atoms with Gasteiger partial charge in [0.1, 0.15) is 17.8 Å². The van der Waals surface area contributed by atoms with E-state index in [2.05, 4.69) is 66.5 Å². The SMILES string of the molecule is CC[C@H]1OC(=O)[C@H](C)[C@@H](OC2CC(C)(C)C[C@H](C)O2)[C@H](C)[C@@H](OC2O[C@H](C)C[C@H](N(C)C)[C@H]2O)[C@](C)(O)C[C@@H](C)CN(C)[C@H](C)[C@@H](O[Si](C)(C)C(C)(C)C)[C@]1(C)O. The highest BCUT2D eigenvalue weighted by Crippen LogP contribution is 2.43. The highest BCUT2D eigenvalue weighted by molar-refractivity contribution is 6.74. The second kappa shape index (κ2) is 19.1. The summed E-state index contributed by atoms with van der Waals surface area (Å²) in [6.45, 7) is 33.1. The number of likely N-dealkylation sites (N-methyl/N-ethyl adjacent to an activating group) is 2. The Balaban J connectivity index is 2.22. The van der Waals surface area contributed by atoms with Crippen molar-refractivity contribution >= 4 is 14.3 Å². The van der Waals surface area contributed by atoms with Crippen LogP contribution in [0, 0.1) is 23.2 Å². The number of carbonyl (C=O) groups excluding carboxylic acids is 1. The van der Waals surface area contributed by atoms with Gasteiger partial charge in [-0.05, 0) is 118 Å². The Labute approximate surface area is 348 Å². The third-order valence-corrected chi connectivity index (χ3v) is 18.3. The van der Waals surface area contributed by atoms with Gasteiger partial charge in [0.25, 0.3) is 0 Å². The highest BCUT2D eigenvalue weighted by atomic mass is 28.4. The number of hydrogen-bond acceptors (Lipinski definition) is 12. The van der Waals surface area contributed by atoms with Crippen molar-refractivity contribution in [2.24, 2.45) is 23.2 Å². The molecule has 3 heterocycles. The van der Waals surface area contributed by atoms with Gasteiger partial charge >= 0.3 is 5.97 Å². The summed E-state index contributed by atoms with van der Waals surface area (Å²) in [5, 5.41) is 36.9. The third kappa shape index (κ3) is 12.5. The average molecular weight is 831 g/mol. The van der Waals surface area contributed by atoms with Gasteiger partial charge in [-0.25, -0.2) is 0 Å². The zero-order valence-corrected chi connectivity index (χ0v) is 40.4. The number of aliphatic hydroxyl groups excluding tert-OH is 1. The fourth-order valence-corrected chi connectivity index (χ4v) is 11.0. The molecule has 3 aliphatic heterocycles. The molecular weight excluding hydrogens is 745 g/mol. The molecule has 3 N–H and O–H groups in total. The number of cyclic esters (lactones) is 1. The molecule has 3 rings (SSSR count). The van der Waals surface area contributed by atoms with Gasteiger partial charge < -0.3 is 53.2 Å². The van der Waals surface area contributed by atoms with Crippen LogP contribution >= 0.6 is 0 Å². The van der Waals surface area contributed by atoms with Crippen molar-refractivity contribution in [1.29, 1.82) is 0 Å². The van der Waals surface area contributed by atoms with Crippen molar-refractivity contribution in [3.05, 3.63) is 0 Å². The maximum Gasteiger partial charge on any atom is 0.311 e. The molecule has 3 saturated heterocycles.